The van der Waals surface area contributed by atoms with E-state index in [9.17, 15) is 9.59 Å². The van der Waals surface area contributed by atoms with Crippen LogP contribution in [0.25, 0.3) is 10.4 Å². The molecule has 2 aromatic carbocycles. The van der Waals surface area contributed by atoms with Gasteiger partial charge in [-0.3, -0.25) is 14.6 Å². The third kappa shape index (κ3) is 4.90. The molecular formula is C25H25ClN4O2S. The number of rotatable bonds is 5. The zero-order valence-corrected chi connectivity index (χ0v) is 19.7. The fraction of sp³-hybridized carbons (Fsp3) is 0.280. The largest absolute Gasteiger partial charge is 0.336 e. The summed E-state index contributed by atoms with van der Waals surface area (Å²) in [5.41, 5.74) is 2.63. The summed E-state index contributed by atoms with van der Waals surface area (Å²) in [5.74, 6) is 0.0476. The van der Waals surface area contributed by atoms with Gasteiger partial charge in [0.25, 0.3) is 5.91 Å². The number of benzene rings is 2. The minimum atomic E-state index is -0.0874. The number of urea groups is 1. The first-order valence-electron chi connectivity index (χ1n) is 11.1. The number of hydrogen-bond donors (Lipinski definition) is 1. The van der Waals surface area contributed by atoms with Gasteiger partial charge in [-0.1, -0.05) is 23.7 Å². The highest BCUT2D eigenvalue weighted by molar-refractivity contribution is 7.15. The number of carbonyl (C=O) groups is 2. The lowest BCUT2D eigenvalue weighted by atomic mass is 10.1. The van der Waals surface area contributed by atoms with Crippen LogP contribution in [0.3, 0.4) is 0 Å². The van der Waals surface area contributed by atoms with Crippen molar-refractivity contribution in [1.82, 2.24) is 15.1 Å². The van der Waals surface area contributed by atoms with Gasteiger partial charge in [-0.15, -0.1) is 11.3 Å². The summed E-state index contributed by atoms with van der Waals surface area (Å²) < 4.78 is 0. The predicted molar refractivity (Wildman–Crippen MR) is 133 cm³/mol. The van der Waals surface area contributed by atoms with Crippen molar-refractivity contribution in [2.75, 3.05) is 44.2 Å². The first-order valence-corrected chi connectivity index (χ1v) is 12.3. The number of thiophene rings is 1. The van der Waals surface area contributed by atoms with Crippen molar-refractivity contribution in [2.45, 2.75) is 6.54 Å². The molecule has 1 N–H and O–H groups in total. The molecule has 0 spiro atoms. The molecule has 0 atom stereocenters. The highest BCUT2D eigenvalue weighted by Gasteiger charge is 2.24. The molecular weight excluding hydrogens is 456 g/mol. The molecule has 0 saturated carbocycles. The Hall–Kier alpha value is -2.87. The average Bonchev–Trinajstić information content (AvgIpc) is 3.48. The van der Waals surface area contributed by atoms with E-state index in [2.05, 4.69) is 28.4 Å². The van der Waals surface area contributed by atoms with E-state index < -0.39 is 0 Å². The van der Waals surface area contributed by atoms with Crippen LogP contribution in [0.1, 0.15) is 15.2 Å². The number of halogens is 1. The van der Waals surface area contributed by atoms with Crippen LogP contribution in [-0.2, 0) is 6.54 Å². The molecule has 3 heterocycles. The van der Waals surface area contributed by atoms with E-state index in [1.165, 1.54) is 9.75 Å². The normalized spacial score (nSPS) is 16.8. The predicted octanol–water partition coefficient (Wildman–Crippen LogP) is 4.56. The number of anilines is 1. The number of hydrogen-bond acceptors (Lipinski definition) is 4. The lowest BCUT2D eigenvalue weighted by molar-refractivity contribution is 0.0629. The van der Waals surface area contributed by atoms with Gasteiger partial charge in [0.05, 0.1) is 0 Å². The van der Waals surface area contributed by atoms with Gasteiger partial charge in [-0.25, -0.2) is 4.79 Å². The van der Waals surface area contributed by atoms with Gasteiger partial charge in [0.1, 0.15) is 0 Å². The SMILES string of the molecule is O=C(c1ccc(N2CCNC2=O)cc1)N1CCN(Cc2ccc(-c3cccc(Cl)c3)s2)CC1. The van der Waals surface area contributed by atoms with Crippen LogP contribution < -0.4 is 10.2 Å². The second-order valence-electron chi connectivity index (χ2n) is 8.28. The summed E-state index contributed by atoms with van der Waals surface area (Å²) in [4.78, 5) is 33.3. The number of nitrogens with zero attached hydrogens (tertiary/aromatic N) is 3. The van der Waals surface area contributed by atoms with Crippen LogP contribution in [0, 0.1) is 0 Å². The van der Waals surface area contributed by atoms with Gasteiger partial charge in [0, 0.05) is 71.8 Å². The van der Waals surface area contributed by atoms with Gasteiger partial charge in [0.2, 0.25) is 0 Å². The molecule has 2 aliphatic rings. The Bertz CT molecular complexity index is 1160. The van der Waals surface area contributed by atoms with E-state index in [1.807, 2.05) is 47.4 Å². The van der Waals surface area contributed by atoms with Crippen molar-refractivity contribution < 1.29 is 9.59 Å². The summed E-state index contributed by atoms with van der Waals surface area (Å²) in [7, 11) is 0. The van der Waals surface area contributed by atoms with Crippen LogP contribution in [0.2, 0.25) is 5.02 Å². The molecule has 0 radical (unpaired) electrons. The molecule has 6 nitrogen and oxygen atoms in total. The monoisotopic (exact) mass is 480 g/mol. The Morgan fingerprint density at radius 2 is 1.76 bits per heavy atom. The van der Waals surface area contributed by atoms with E-state index >= 15 is 0 Å². The summed E-state index contributed by atoms with van der Waals surface area (Å²) in [6.07, 6.45) is 0. The maximum Gasteiger partial charge on any atom is 0.321 e. The second-order valence-corrected chi connectivity index (χ2v) is 9.88. The fourth-order valence-electron chi connectivity index (χ4n) is 4.27. The molecule has 5 rings (SSSR count). The van der Waals surface area contributed by atoms with Crippen molar-refractivity contribution in [3.8, 4) is 10.4 Å². The summed E-state index contributed by atoms with van der Waals surface area (Å²) >= 11 is 7.92. The van der Waals surface area contributed by atoms with Crippen LogP contribution in [0.4, 0.5) is 10.5 Å². The molecule has 33 heavy (non-hydrogen) atoms. The summed E-state index contributed by atoms with van der Waals surface area (Å²) in [6, 6.07) is 19.5. The lowest BCUT2D eigenvalue weighted by Gasteiger charge is -2.34. The smallest absolute Gasteiger partial charge is 0.321 e. The van der Waals surface area contributed by atoms with Gasteiger partial charge in [0.15, 0.2) is 0 Å². The Morgan fingerprint density at radius 3 is 2.45 bits per heavy atom. The molecule has 0 bridgehead atoms. The fourth-order valence-corrected chi connectivity index (χ4v) is 5.51. The average molecular weight is 481 g/mol. The van der Waals surface area contributed by atoms with Gasteiger partial charge in [-0.2, -0.15) is 0 Å². The van der Waals surface area contributed by atoms with Crippen molar-refractivity contribution >= 4 is 40.6 Å². The quantitative estimate of drug-likeness (QED) is 0.582. The molecule has 170 valence electrons. The van der Waals surface area contributed by atoms with E-state index in [0.717, 1.165) is 35.9 Å². The number of amides is 3. The second kappa shape index (κ2) is 9.55. The summed E-state index contributed by atoms with van der Waals surface area (Å²) in [5, 5.41) is 3.54. The van der Waals surface area contributed by atoms with Crippen LogP contribution in [0.15, 0.2) is 60.7 Å². The van der Waals surface area contributed by atoms with Crippen LogP contribution >= 0.6 is 22.9 Å². The number of carbonyl (C=O) groups excluding carboxylic acids is 2. The van der Waals surface area contributed by atoms with Crippen molar-refractivity contribution in [3.63, 3.8) is 0 Å². The number of nitrogens with one attached hydrogen (secondary N) is 1. The zero-order valence-electron chi connectivity index (χ0n) is 18.2. The molecule has 2 aliphatic heterocycles. The molecule has 2 saturated heterocycles. The third-order valence-corrected chi connectivity index (χ3v) is 7.45. The van der Waals surface area contributed by atoms with Crippen molar-refractivity contribution in [1.29, 1.82) is 0 Å². The standard InChI is InChI=1S/C25H25ClN4O2S/c26-20-3-1-2-19(16-20)23-9-8-22(33-23)17-28-12-14-29(15-13-28)24(31)18-4-6-21(7-5-18)30-11-10-27-25(30)32/h1-9,16H,10-15,17H2,(H,27,32). The number of piperazine rings is 1. The molecule has 3 aromatic rings. The third-order valence-electron chi connectivity index (χ3n) is 6.09. The highest BCUT2D eigenvalue weighted by atomic mass is 35.5. The summed E-state index contributed by atoms with van der Waals surface area (Å²) in [6.45, 7) is 5.31. The van der Waals surface area contributed by atoms with Crippen LogP contribution in [-0.4, -0.2) is 61.0 Å². The Labute approximate surface area is 202 Å². The van der Waals surface area contributed by atoms with E-state index in [0.29, 0.717) is 31.7 Å². The Morgan fingerprint density at radius 1 is 0.970 bits per heavy atom. The molecule has 3 amide bonds. The Balaban J connectivity index is 1.15. The van der Waals surface area contributed by atoms with Gasteiger partial charge >= 0.3 is 6.03 Å². The van der Waals surface area contributed by atoms with Gasteiger partial charge in [-0.05, 0) is 54.1 Å². The van der Waals surface area contributed by atoms with Gasteiger partial charge < -0.3 is 10.2 Å². The van der Waals surface area contributed by atoms with E-state index in [4.69, 9.17) is 11.6 Å². The molecule has 8 heteroatoms. The first-order chi connectivity index (χ1) is 16.1. The maximum atomic E-state index is 13.0. The zero-order chi connectivity index (χ0) is 22.8. The topological polar surface area (TPSA) is 55.9 Å². The molecule has 0 aliphatic carbocycles. The highest BCUT2D eigenvalue weighted by Crippen LogP contribution is 2.30. The maximum absolute atomic E-state index is 13.0. The molecule has 2 fully saturated rings. The first kappa shape index (κ1) is 21.9. The van der Waals surface area contributed by atoms with E-state index in [-0.39, 0.29) is 11.9 Å². The minimum Gasteiger partial charge on any atom is -0.336 e. The Kier molecular flexibility index (Phi) is 6.35. The lowest BCUT2D eigenvalue weighted by Crippen LogP contribution is -2.48. The van der Waals surface area contributed by atoms with Crippen molar-refractivity contribution in [2.24, 2.45) is 0 Å². The molecule has 1 aromatic heterocycles. The minimum absolute atomic E-state index is 0.0476. The molecule has 0 unspecified atom stereocenters. The van der Waals surface area contributed by atoms with Crippen molar-refractivity contribution in [3.05, 3.63) is 76.1 Å². The van der Waals surface area contributed by atoms with Crippen LogP contribution in [0.5, 0.6) is 0 Å². The van der Waals surface area contributed by atoms with E-state index in [1.54, 1.807) is 16.2 Å².